The van der Waals surface area contributed by atoms with Crippen molar-refractivity contribution in [2.45, 2.75) is 45.8 Å². The number of carbonyl (C=O) groups excluding carboxylic acids is 2. The van der Waals surface area contributed by atoms with Crippen LogP contribution >= 0.6 is 0 Å². The van der Waals surface area contributed by atoms with E-state index in [2.05, 4.69) is 15.4 Å². The molecule has 0 aliphatic carbocycles. The molecule has 126 valence electrons. The third-order valence-electron chi connectivity index (χ3n) is 4.10. The van der Waals surface area contributed by atoms with E-state index in [9.17, 15) is 9.59 Å². The van der Waals surface area contributed by atoms with E-state index < -0.39 is 6.04 Å². The fourth-order valence-corrected chi connectivity index (χ4v) is 2.96. The van der Waals surface area contributed by atoms with Crippen molar-refractivity contribution in [2.75, 3.05) is 4.90 Å². The highest BCUT2D eigenvalue weighted by Crippen LogP contribution is 2.26. The number of nitrogens with one attached hydrogen (secondary N) is 1. The number of hydrogen-bond acceptors (Lipinski definition) is 4. The van der Waals surface area contributed by atoms with Crippen molar-refractivity contribution in [3.8, 4) is 0 Å². The third kappa shape index (κ3) is 3.15. The Kier molecular flexibility index (Phi) is 4.59. The number of nitrogens with zero attached hydrogens (tertiary/aromatic N) is 4. The van der Waals surface area contributed by atoms with E-state index in [1.165, 1.54) is 0 Å². The molecule has 2 amide bonds. The summed E-state index contributed by atoms with van der Waals surface area (Å²) in [6.45, 7) is 4.69. The summed E-state index contributed by atoms with van der Waals surface area (Å²) in [5, 5.41) is 7.27. The maximum Gasteiger partial charge on any atom is 0.243 e. The average Bonchev–Trinajstić information content (AvgIpc) is 2.97. The van der Waals surface area contributed by atoms with Crippen LogP contribution < -0.4 is 10.2 Å². The number of carbonyl (C=O) groups is 2. The molecule has 0 bridgehead atoms. The number of aryl methyl sites for hydroxylation is 2. The number of hydrogen-bond donors (Lipinski definition) is 1. The van der Waals surface area contributed by atoms with Crippen LogP contribution in [-0.4, -0.2) is 32.6 Å². The van der Waals surface area contributed by atoms with Crippen LogP contribution in [0.1, 0.15) is 31.2 Å². The Bertz CT molecular complexity index is 741. The maximum atomic E-state index is 12.6. The summed E-state index contributed by atoms with van der Waals surface area (Å²) in [6, 6.07) is 6.87. The lowest BCUT2D eigenvalue weighted by molar-refractivity contribution is -0.127. The van der Waals surface area contributed by atoms with Gasteiger partial charge in [0.15, 0.2) is 0 Å². The van der Waals surface area contributed by atoms with Crippen LogP contribution in [0.2, 0.25) is 0 Å². The molecule has 1 N–H and O–H groups in total. The third-order valence-corrected chi connectivity index (χ3v) is 4.10. The number of aromatic nitrogens is 3. The van der Waals surface area contributed by atoms with Gasteiger partial charge in [-0.15, -0.1) is 0 Å². The van der Waals surface area contributed by atoms with Crippen molar-refractivity contribution in [1.29, 1.82) is 0 Å². The van der Waals surface area contributed by atoms with E-state index in [1.807, 2.05) is 38.1 Å². The molecule has 1 aliphatic heterocycles. The fourth-order valence-electron chi connectivity index (χ4n) is 2.96. The lowest BCUT2D eigenvalue weighted by Gasteiger charge is -2.33. The standard InChI is InChI=1S/C17H21N5O2/c1-3-14(17(24)19-11-13-6-4-5-8-18-13)22-15-10-12(2)20-21(15)9-7-16(22)23/h4-6,8,10,14H,3,7,9,11H2,1-2H3,(H,19,24)/t14-/m0/s1. The van der Waals surface area contributed by atoms with Gasteiger partial charge in [-0.05, 0) is 25.5 Å². The van der Waals surface area contributed by atoms with Gasteiger partial charge in [0.2, 0.25) is 11.8 Å². The highest BCUT2D eigenvalue weighted by Gasteiger charge is 2.34. The van der Waals surface area contributed by atoms with Crippen LogP contribution in [0.15, 0.2) is 30.5 Å². The van der Waals surface area contributed by atoms with Crippen LogP contribution in [0.3, 0.4) is 0 Å². The van der Waals surface area contributed by atoms with Gasteiger partial charge in [-0.1, -0.05) is 13.0 Å². The molecule has 1 atom stereocenters. The maximum absolute atomic E-state index is 12.6. The molecule has 3 heterocycles. The zero-order valence-corrected chi connectivity index (χ0v) is 13.9. The zero-order chi connectivity index (χ0) is 17.1. The number of rotatable bonds is 5. The molecule has 2 aromatic rings. The predicted octanol–water partition coefficient (Wildman–Crippen LogP) is 1.42. The van der Waals surface area contributed by atoms with Gasteiger partial charge in [0.1, 0.15) is 11.9 Å². The SMILES string of the molecule is CC[C@@H](C(=O)NCc1ccccn1)N1C(=O)CCn2nc(C)cc21. The molecule has 0 fully saturated rings. The summed E-state index contributed by atoms with van der Waals surface area (Å²) in [4.78, 5) is 30.9. The molecule has 0 radical (unpaired) electrons. The monoisotopic (exact) mass is 327 g/mol. The summed E-state index contributed by atoms with van der Waals surface area (Å²) in [5.41, 5.74) is 1.63. The second-order valence-electron chi connectivity index (χ2n) is 5.84. The molecule has 0 aromatic carbocycles. The molecule has 0 spiro atoms. The first-order valence-corrected chi connectivity index (χ1v) is 8.14. The molecule has 7 heteroatoms. The number of amides is 2. The second-order valence-corrected chi connectivity index (χ2v) is 5.84. The van der Waals surface area contributed by atoms with Crippen molar-refractivity contribution in [1.82, 2.24) is 20.1 Å². The van der Waals surface area contributed by atoms with Crippen LogP contribution in [-0.2, 0) is 22.7 Å². The van der Waals surface area contributed by atoms with E-state index in [1.54, 1.807) is 15.8 Å². The molecular formula is C17H21N5O2. The average molecular weight is 327 g/mol. The van der Waals surface area contributed by atoms with Crippen LogP contribution in [0.4, 0.5) is 5.82 Å². The fraction of sp³-hybridized carbons (Fsp3) is 0.412. The first-order chi connectivity index (χ1) is 11.6. The van der Waals surface area contributed by atoms with Crippen molar-refractivity contribution in [2.24, 2.45) is 0 Å². The number of fused-ring (bicyclic) bond motifs is 1. The van der Waals surface area contributed by atoms with Gasteiger partial charge in [-0.25, -0.2) is 4.68 Å². The van der Waals surface area contributed by atoms with Gasteiger partial charge in [-0.3, -0.25) is 19.5 Å². The molecule has 24 heavy (non-hydrogen) atoms. The normalized spacial score (nSPS) is 15.1. The summed E-state index contributed by atoms with van der Waals surface area (Å²) in [6.07, 6.45) is 2.58. The van der Waals surface area contributed by atoms with Crippen molar-refractivity contribution >= 4 is 17.6 Å². The molecular weight excluding hydrogens is 306 g/mol. The quantitative estimate of drug-likeness (QED) is 0.900. The van der Waals surface area contributed by atoms with Crippen molar-refractivity contribution < 1.29 is 9.59 Å². The first-order valence-electron chi connectivity index (χ1n) is 8.14. The summed E-state index contributed by atoms with van der Waals surface area (Å²) >= 11 is 0. The Morgan fingerprint density at radius 3 is 2.96 bits per heavy atom. The Labute approximate surface area is 140 Å². The van der Waals surface area contributed by atoms with E-state index in [0.717, 1.165) is 11.4 Å². The lowest BCUT2D eigenvalue weighted by Crippen LogP contribution is -2.52. The summed E-state index contributed by atoms with van der Waals surface area (Å²) in [5.74, 6) is 0.481. The molecule has 1 aliphatic rings. The summed E-state index contributed by atoms with van der Waals surface area (Å²) in [7, 11) is 0. The van der Waals surface area contributed by atoms with Crippen molar-refractivity contribution in [3.63, 3.8) is 0 Å². The Morgan fingerprint density at radius 2 is 2.25 bits per heavy atom. The highest BCUT2D eigenvalue weighted by atomic mass is 16.2. The van der Waals surface area contributed by atoms with Gasteiger partial charge in [0.05, 0.1) is 24.5 Å². The Balaban J connectivity index is 1.77. The van der Waals surface area contributed by atoms with Crippen molar-refractivity contribution in [3.05, 3.63) is 41.9 Å². The second kappa shape index (κ2) is 6.82. The topological polar surface area (TPSA) is 80.1 Å². The zero-order valence-electron chi connectivity index (χ0n) is 13.9. The largest absolute Gasteiger partial charge is 0.349 e. The number of anilines is 1. The molecule has 0 saturated heterocycles. The van der Waals surface area contributed by atoms with E-state index in [-0.39, 0.29) is 11.8 Å². The minimum absolute atomic E-state index is 0.0396. The molecule has 0 saturated carbocycles. The van der Waals surface area contributed by atoms with E-state index >= 15 is 0 Å². The van der Waals surface area contributed by atoms with Gasteiger partial charge in [-0.2, -0.15) is 5.10 Å². The van der Waals surface area contributed by atoms with Crippen LogP contribution in [0.25, 0.3) is 0 Å². The highest BCUT2D eigenvalue weighted by molar-refractivity contribution is 6.00. The molecule has 2 aromatic heterocycles. The Hall–Kier alpha value is -2.70. The molecule has 7 nitrogen and oxygen atoms in total. The lowest BCUT2D eigenvalue weighted by atomic mass is 10.1. The molecule has 0 unspecified atom stereocenters. The minimum Gasteiger partial charge on any atom is -0.349 e. The van der Waals surface area contributed by atoms with Gasteiger partial charge < -0.3 is 5.32 Å². The number of pyridine rings is 1. The Morgan fingerprint density at radius 1 is 1.42 bits per heavy atom. The van der Waals surface area contributed by atoms with Gasteiger partial charge in [0, 0.05) is 18.7 Å². The van der Waals surface area contributed by atoms with Crippen LogP contribution in [0.5, 0.6) is 0 Å². The first kappa shape index (κ1) is 16.2. The van der Waals surface area contributed by atoms with E-state index in [4.69, 9.17) is 0 Å². The molecule has 3 rings (SSSR count). The van der Waals surface area contributed by atoms with E-state index in [0.29, 0.717) is 31.7 Å². The van der Waals surface area contributed by atoms with Gasteiger partial charge >= 0.3 is 0 Å². The minimum atomic E-state index is -0.545. The van der Waals surface area contributed by atoms with Gasteiger partial charge in [0.25, 0.3) is 0 Å². The van der Waals surface area contributed by atoms with Crippen LogP contribution in [0, 0.1) is 6.92 Å². The smallest absolute Gasteiger partial charge is 0.243 e. The summed E-state index contributed by atoms with van der Waals surface area (Å²) < 4.78 is 1.80. The predicted molar refractivity (Wildman–Crippen MR) is 89.2 cm³/mol.